The lowest BCUT2D eigenvalue weighted by molar-refractivity contribution is -0.163. The van der Waals surface area contributed by atoms with E-state index in [0.717, 1.165) is 31.3 Å². The van der Waals surface area contributed by atoms with Crippen LogP contribution in [0.5, 0.6) is 0 Å². The normalized spacial score (nSPS) is 36.9. The van der Waals surface area contributed by atoms with Gasteiger partial charge in [-0.05, 0) is 50.4 Å². The molecule has 2 fully saturated rings. The van der Waals surface area contributed by atoms with Gasteiger partial charge < -0.3 is 9.84 Å². The first-order valence-electron chi connectivity index (χ1n) is 8.41. The molecule has 0 aliphatic heterocycles. The highest BCUT2D eigenvalue weighted by Gasteiger charge is 2.44. The van der Waals surface area contributed by atoms with Crippen molar-refractivity contribution in [1.82, 2.24) is 0 Å². The fraction of sp³-hybridized carbons (Fsp3) is 1.00. The molecule has 0 bridgehead atoms. The van der Waals surface area contributed by atoms with Gasteiger partial charge in [-0.15, -0.1) is 0 Å². The molecule has 2 aliphatic carbocycles. The maximum absolute atomic E-state index is 11.0. The van der Waals surface area contributed by atoms with Crippen LogP contribution in [0.15, 0.2) is 0 Å². The molecule has 0 saturated heterocycles. The first-order valence-corrected chi connectivity index (χ1v) is 8.41. The average Bonchev–Trinajstić information content (AvgIpc) is 2.42. The van der Waals surface area contributed by atoms with Crippen LogP contribution in [-0.4, -0.2) is 23.4 Å². The Hall–Kier alpha value is -0.0800. The maximum Gasteiger partial charge on any atom is 0.0942 e. The van der Waals surface area contributed by atoms with Gasteiger partial charge in [0.2, 0.25) is 0 Å². The van der Waals surface area contributed by atoms with Crippen LogP contribution in [0.4, 0.5) is 0 Å². The zero-order chi connectivity index (χ0) is 13.9. The van der Waals surface area contributed by atoms with Crippen LogP contribution in [-0.2, 0) is 4.74 Å². The van der Waals surface area contributed by atoms with Gasteiger partial charge >= 0.3 is 0 Å². The summed E-state index contributed by atoms with van der Waals surface area (Å²) in [5.74, 6) is 2.02. The van der Waals surface area contributed by atoms with Gasteiger partial charge in [-0.2, -0.15) is 0 Å². The largest absolute Gasteiger partial charge is 0.390 e. The Morgan fingerprint density at radius 1 is 1.11 bits per heavy atom. The summed E-state index contributed by atoms with van der Waals surface area (Å²) in [5.41, 5.74) is -0.224. The minimum Gasteiger partial charge on any atom is -0.390 e. The highest BCUT2D eigenvalue weighted by atomic mass is 16.5. The van der Waals surface area contributed by atoms with E-state index in [-0.39, 0.29) is 11.7 Å². The molecule has 19 heavy (non-hydrogen) atoms. The first-order chi connectivity index (χ1) is 9.09. The second-order valence-electron chi connectivity index (χ2n) is 7.03. The summed E-state index contributed by atoms with van der Waals surface area (Å²) in [7, 11) is 0. The number of rotatable bonds is 4. The zero-order valence-corrected chi connectivity index (χ0v) is 13.0. The Morgan fingerprint density at radius 2 is 1.79 bits per heavy atom. The van der Waals surface area contributed by atoms with Gasteiger partial charge in [0.1, 0.15) is 0 Å². The number of hydrogen-bond acceptors (Lipinski definition) is 2. The third-order valence-corrected chi connectivity index (χ3v) is 5.76. The summed E-state index contributed by atoms with van der Waals surface area (Å²) in [6.07, 6.45) is 9.24. The Kier molecular flexibility index (Phi) is 5.30. The van der Waals surface area contributed by atoms with Gasteiger partial charge in [0.15, 0.2) is 0 Å². The van der Waals surface area contributed by atoms with E-state index in [1.165, 1.54) is 38.5 Å². The van der Waals surface area contributed by atoms with E-state index < -0.39 is 0 Å². The maximum atomic E-state index is 11.0. The third kappa shape index (κ3) is 3.33. The molecule has 112 valence electrons. The van der Waals surface area contributed by atoms with Gasteiger partial charge in [-0.3, -0.25) is 0 Å². The van der Waals surface area contributed by atoms with E-state index in [1.54, 1.807) is 0 Å². The molecule has 2 aliphatic rings. The first kappa shape index (κ1) is 15.3. The SMILES string of the molecule is CCOC1(C(O)C2CCC(C)C(C)C2)CCCCC1. The molecule has 0 heterocycles. The molecular formula is C17H32O2. The summed E-state index contributed by atoms with van der Waals surface area (Å²) in [4.78, 5) is 0. The van der Waals surface area contributed by atoms with Crippen molar-refractivity contribution < 1.29 is 9.84 Å². The standard InChI is InChI=1S/C17H32O2/c1-4-19-17(10-6-5-7-11-17)16(18)15-9-8-13(2)14(3)12-15/h13-16,18H,4-12H2,1-3H3. The van der Waals surface area contributed by atoms with Crippen LogP contribution in [0.3, 0.4) is 0 Å². The van der Waals surface area contributed by atoms with E-state index in [9.17, 15) is 5.11 Å². The summed E-state index contributed by atoms with van der Waals surface area (Å²) < 4.78 is 6.10. The van der Waals surface area contributed by atoms with Gasteiger partial charge in [-0.1, -0.05) is 39.5 Å². The number of aliphatic hydroxyl groups is 1. The van der Waals surface area contributed by atoms with Crippen molar-refractivity contribution in [2.24, 2.45) is 17.8 Å². The summed E-state index contributed by atoms with van der Waals surface area (Å²) >= 11 is 0. The lowest BCUT2D eigenvalue weighted by Gasteiger charge is -2.46. The van der Waals surface area contributed by atoms with Crippen molar-refractivity contribution in [3.63, 3.8) is 0 Å². The van der Waals surface area contributed by atoms with Crippen LogP contribution in [0.25, 0.3) is 0 Å². The highest BCUT2D eigenvalue weighted by molar-refractivity contribution is 4.96. The summed E-state index contributed by atoms with van der Waals surface area (Å²) in [6, 6.07) is 0. The summed E-state index contributed by atoms with van der Waals surface area (Å²) in [6.45, 7) is 7.49. The molecule has 2 saturated carbocycles. The van der Waals surface area contributed by atoms with Crippen molar-refractivity contribution in [2.75, 3.05) is 6.61 Å². The van der Waals surface area contributed by atoms with E-state index in [0.29, 0.717) is 5.92 Å². The Bertz CT molecular complexity index is 265. The molecule has 2 rings (SSSR count). The van der Waals surface area contributed by atoms with E-state index in [1.807, 2.05) is 0 Å². The molecular weight excluding hydrogens is 236 g/mol. The molecule has 1 N–H and O–H groups in total. The number of hydrogen-bond donors (Lipinski definition) is 1. The van der Waals surface area contributed by atoms with Crippen molar-refractivity contribution >= 4 is 0 Å². The van der Waals surface area contributed by atoms with Crippen molar-refractivity contribution in [1.29, 1.82) is 0 Å². The molecule has 4 atom stereocenters. The van der Waals surface area contributed by atoms with Crippen LogP contribution >= 0.6 is 0 Å². The molecule has 4 unspecified atom stereocenters. The van der Waals surface area contributed by atoms with Crippen molar-refractivity contribution in [3.8, 4) is 0 Å². The lowest BCUT2D eigenvalue weighted by Crippen LogP contribution is -2.51. The average molecular weight is 268 g/mol. The van der Waals surface area contributed by atoms with E-state index in [4.69, 9.17) is 4.74 Å². The highest BCUT2D eigenvalue weighted by Crippen LogP contribution is 2.43. The van der Waals surface area contributed by atoms with E-state index >= 15 is 0 Å². The predicted octanol–water partition coefficient (Wildman–Crippen LogP) is 4.16. The molecule has 2 nitrogen and oxygen atoms in total. The Morgan fingerprint density at radius 3 is 2.37 bits per heavy atom. The van der Waals surface area contributed by atoms with Gasteiger partial charge in [0.05, 0.1) is 11.7 Å². The lowest BCUT2D eigenvalue weighted by atomic mass is 9.68. The molecule has 0 aromatic heterocycles. The second kappa shape index (κ2) is 6.58. The van der Waals surface area contributed by atoms with Crippen molar-refractivity contribution in [3.05, 3.63) is 0 Å². The summed E-state index contributed by atoms with van der Waals surface area (Å²) in [5, 5.41) is 11.0. The van der Waals surface area contributed by atoms with Gasteiger partial charge in [0, 0.05) is 6.61 Å². The molecule has 0 aromatic carbocycles. The predicted molar refractivity (Wildman–Crippen MR) is 79.1 cm³/mol. The third-order valence-electron chi connectivity index (χ3n) is 5.76. The van der Waals surface area contributed by atoms with Gasteiger partial charge in [-0.25, -0.2) is 0 Å². The second-order valence-corrected chi connectivity index (χ2v) is 7.03. The molecule has 2 heteroatoms. The van der Waals surface area contributed by atoms with E-state index in [2.05, 4.69) is 20.8 Å². The van der Waals surface area contributed by atoms with Crippen LogP contribution < -0.4 is 0 Å². The minimum absolute atomic E-state index is 0.224. The van der Waals surface area contributed by atoms with Crippen LogP contribution in [0.1, 0.15) is 72.1 Å². The monoisotopic (exact) mass is 268 g/mol. The molecule has 0 aromatic rings. The molecule has 0 radical (unpaired) electrons. The molecule has 0 amide bonds. The topological polar surface area (TPSA) is 29.5 Å². The smallest absolute Gasteiger partial charge is 0.0942 e. The Labute approximate surface area is 118 Å². The fourth-order valence-electron chi connectivity index (χ4n) is 4.27. The van der Waals surface area contributed by atoms with Crippen LogP contribution in [0, 0.1) is 17.8 Å². The quantitative estimate of drug-likeness (QED) is 0.829. The zero-order valence-electron chi connectivity index (χ0n) is 13.0. The number of ether oxygens (including phenoxy) is 1. The number of aliphatic hydroxyl groups excluding tert-OH is 1. The Balaban J connectivity index is 2.04. The van der Waals surface area contributed by atoms with Crippen molar-refractivity contribution in [2.45, 2.75) is 83.8 Å². The van der Waals surface area contributed by atoms with Crippen LogP contribution in [0.2, 0.25) is 0 Å². The van der Waals surface area contributed by atoms with Gasteiger partial charge in [0.25, 0.3) is 0 Å². The minimum atomic E-state index is -0.248. The fourth-order valence-corrected chi connectivity index (χ4v) is 4.27. The molecule has 0 spiro atoms.